The van der Waals surface area contributed by atoms with Gasteiger partial charge in [-0.15, -0.1) is 0 Å². The molecule has 0 spiro atoms. The van der Waals surface area contributed by atoms with Crippen molar-refractivity contribution >= 4 is 17.7 Å². The number of ketones is 1. The molecule has 0 aromatic heterocycles. The standard InChI is InChI=1S/C20H20FNO4/c1-14(23)22-11-3-4-15-7-9-16(10-8-15)19(24)13-26-20(25)17-5-2-6-18(21)12-17/h2,5-10,12H,3-4,11,13H2,1H3,(H,22,23). The van der Waals surface area contributed by atoms with Crippen molar-refractivity contribution in [1.29, 1.82) is 0 Å². The van der Waals surface area contributed by atoms with E-state index >= 15 is 0 Å². The van der Waals surface area contributed by atoms with Crippen LogP contribution in [0.3, 0.4) is 0 Å². The lowest BCUT2D eigenvalue weighted by molar-refractivity contribution is -0.118. The average Bonchev–Trinajstić information content (AvgIpc) is 2.63. The maximum atomic E-state index is 13.1. The monoisotopic (exact) mass is 357 g/mol. The summed E-state index contributed by atoms with van der Waals surface area (Å²) < 4.78 is 18.0. The van der Waals surface area contributed by atoms with Crippen LogP contribution in [-0.4, -0.2) is 30.8 Å². The van der Waals surface area contributed by atoms with Crippen LogP contribution >= 0.6 is 0 Å². The van der Waals surface area contributed by atoms with Crippen LogP contribution < -0.4 is 5.32 Å². The molecule has 0 saturated heterocycles. The number of hydrogen-bond acceptors (Lipinski definition) is 4. The van der Waals surface area contributed by atoms with Gasteiger partial charge in [-0.3, -0.25) is 9.59 Å². The number of aryl methyl sites for hydroxylation is 1. The number of nitrogens with one attached hydrogen (secondary N) is 1. The second-order valence-electron chi connectivity index (χ2n) is 5.79. The number of benzene rings is 2. The lowest BCUT2D eigenvalue weighted by atomic mass is 10.1. The Morgan fingerprint density at radius 1 is 1.04 bits per heavy atom. The van der Waals surface area contributed by atoms with E-state index < -0.39 is 18.4 Å². The second-order valence-corrected chi connectivity index (χ2v) is 5.79. The largest absolute Gasteiger partial charge is 0.454 e. The third kappa shape index (κ3) is 6.12. The van der Waals surface area contributed by atoms with E-state index in [1.807, 2.05) is 12.1 Å². The Morgan fingerprint density at radius 3 is 2.42 bits per heavy atom. The number of esters is 1. The van der Waals surface area contributed by atoms with Crippen LogP contribution in [0, 0.1) is 5.82 Å². The molecular formula is C20H20FNO4. The normalized spacial score (nSPS) is 10.2. The van der Waals surface area contributed by atoms with Crippen molar-refractivity contribution in [1.82, 2.24) is 5.32 Å². The van der Waals surface area contributed by atoms with Gasteiger partial charge in [0.25, 0.3) is 0 Å². The van der Waals surface area contributed by atoms with Crippen molar-refractivity contribution in [3.05, 3.63) is 71.0 Å². The lowest BCUT2D eigenvalue weighted by Crippen LogP contribution is -2.21. The van der Waals surface area contributed by atoms with E-state index in [9.17, 15) is 18.8 Å². The average molecular weight is 357 g/mol. The molecule has 0 aliphatic rings. The molecule has 0 radical (unpaired) electrons. The SMILES string of the molecule is CC(=O)NCCCc1ccc(C(=O)COC(=O)c2cccc(F)c2)cc1. The maximum Gasteiger partial charge on any atom is 0.338 e. The Kier molecular flexibility index (Phi) is 7.02. The fraction of sp³-hybridized carbons (Fsp3) is 0.250. The minimum absolute atomic E-state index is 0.0567. The van der Waals surface area contributed by atoms with Gasteiger partial charge in [0.1, 0.15) is 5.82 Å². The van der Waals surface area contributed by atoms with Crippen LogP contribution in [0.5, 0.6) is 0 Å². The lowest BCUT2D eigenvalue weighted by Gasteiger charge is -2.06. The molecule has 2 aromatic carbocycles. The van der Waals surface area contributed by atoms with E-state index in [1.54, 1.807) is 12.1 Å². The molecule has 0 bridgehead atoms. The zero-order chi connectivity index (χ0) is 18.9. The Labute approximate surface area is 151 Å². The molecule has 2 aromatic rings. The van der Waals surface area contributed by atoms with Crippen LogP contribution in [0.1, 0.15) is 39.6 Å². The van der Waals surface area contributed by atoms with Crippen molar-refractivity contribution in [2.24, 2.45) is 0 Å². The summed E-state index contributed by atoms with van der Waals surface area (Å²) in [6, 6.07) is 12.1. The molecule has 26 heavy (non-hydrogen) atoms. The number of carbonyl (C=O) groups excluding carboxylic acids is 3. The molecule has 6 heteroatoms. The summed E-state index contributed by atoms with van der Waals surface area (Å²) in [5, 5.41) is 2.72. The third-order valence-corrected chi connectivity index (χ3v) is 3.69. The van der Waals surface area contributed by atoms with Gasteiger partial charge in [0.15, 0.2) is 12.4 Å². The van der Waals surface area contributed by atoms with Crippen molar-refractivity contribution in [2.75, 3.05) is 13.2 Å². The Bertz CT molecular complexity index is 787. The Balaban J connectivity index is 1.82. The van der Waals surface area contributed by atoms with Crippen LogP contribution in [0.15, 0.2) is 48.5 Å². The van der Waals surface area contributed by atoms with Gasteiger partial charge in [0, 0.05) is 19.0 Å². The molecule has 1 N–H and O–H groups in total. The van der Waals surface area contributed by atoms with Gasteiger partial charge in [0.05, 0.1) is 5.56 Å². The maximum absolute atomic E-state index is 13.1. The number of carbonyl (C=O) groups is 3. The van der Waals surface area contributed by atoms with Crippen molar-refractivity contribution in [3.8, 4) is 0 Å². The topological polar surface area (TPSA) is 72.5 Å². The van der Waals surface area contributed by atoms with Gasteiger partial charge in [-0.1, -0.05) is 30.3 Å². The second kappa shape index (κ2) is 9.46. The molecule has 2 rings (SSSR count). The zero-order valence-electron chi connectivity index (χ0n) is 14.5. The highest BCUT2D eigenvalue weighted by molar-refractivity contribution is 5.99. The molecule has 0 aliphatic carbocycles. The minimum atomic E-state index is -0.743. The van der Waals surface area contributed by atoms with Crippen LogP contribution in [-0.2, 0) is 16.0 Å². The summed E-state index contributed by atoms with van der Waals surface area (Å²) in [6.45, 7) is 1.67. The first kappa shape index (κ1) is 19.3. The Morgan fingerprint density at radius 2 is 1.77 bits per heavy atom. The van der Waals surface area contributed by atoms with Gasteiger partial charge in [0.2, 0.25) is 5.91 Å². The third-order valence-electron chi connectivity index (χ3n) is 3.69. The van der Waals surface area contributed by atoms with Crippen molar-refractivity contribution in [2.45, 2.75) is 19.8 Å². The van der Waals surface area contributed by atoms with Crippen LogP contribution in [0.25, 0.3) is 0 Å². The number of halogens is 1. The highest BCUT2D eigenvalue weighted by Crippen LogP contribution is 2.09. The minimum Gasteiger partial charge on any atom is -0.454 e. The Hall–Kier alpha value is -3.02. The first-order valence-electron chi connectivity index (χ1n) is 8.25. The molecule has 136 valence electrons. The fourth-order valence-electron chi connectivity index (χ4n) is 2.33. The van der Waals surface area contributed by atoms with Crippen molar-refractivity contribution < 1.29 is 23.5 Å². The van der Waals surface area contributed by atoms with Gasteiger partial charge in [-0.05, 0) is 36.6 Å². The molecule has 0 aliphatic heterocycles. The quantitative estimate of drug-likeness (QED) is 0.448. The fourth-order valence-corrected chi connectivity index (χ4v) is 2.33. The molecule has 0 fully saturated rings. The number of hydrogen-bond donors (Lipinski definition) is 1. The van der Waals surface area contributed by atoms with Gasteiger partial charge in [-0.25, -0.2) is 9.18 Å². The number of amides is 1. The van der Waals surface area contributed by atoms with Gasteiger partial charge < -0.3 is 10.1 Å². The summed E-state index contributed by atoms with van der Waals surface area (Å²) in [5.41, 5.74) is 1.54. The summed E-state index contributed by atoms with van der Waals surface area (Å²) in [7, 11) is 0. The highest BCUT2D eigenvalue weighted by Gasteiger charge is 2.12. The summed E-state index contributed by atoms with van der Waals surface area (Å²) in [4.78, 5) is 34.7. The first-order valence-corrected chi connectivity index (χ1v) is 8.25. The summed E-state index contributed by atoms with van der Waals surface area (Å²) >= 11 is 0. The number of Topliss-reactive ketones (excluding diaryl/α,β-unsaturated/α-hetero) is 1. The van der Waals surface area contributed by atoms with Gasteiger partial charge >= 0.3 is 5.97 Å². The molecule has 0 heterocycles. The van der Waals surface area contributed by atoms with Crippen molar-refractivity contribution in [3.63, 3.8) is 0 Å². The number of rotatable bonds is 8. The van der Waals surface area contributed by atoms with Crippen LogP contribution in [0.4, 0.5) is 4.39 Å². The van der Waals surface area contributed by atoms with Crippen LogP contribution in [0.2, 0.25) is 0 Å². The van der Waals surface area contributed by atoms with Gasteiger partial charge in [-0.2, -0.15) is 0 Å². The molecule has 1 amide bonds. The van der Waals surface area contributed by atoms with E-state index in [1.165, 1.54) is 25.1 Å². The molecular weight excluding hydrogens is 337 g/mol. The molecule has 0 unspecified atom stereocenters. The molecule has 0 atom stereocenters. The first-order chi connectivity index (χ1) is 12.5. The predicted octanol–water partition coefficient (Wildman–Crippen LogP) is 2.93. The number of ether oxygens (including phenoxy) is 1. The molecule has 5 nitrogen and oxygen atoms in total. The van der Waals surface area contributed by atoms with E-state index in [-0.39, 0.29) is 17.3 Å². The van der Waals surface area contributed by atoms with E-state index in [0.717, 1.165) is 24.5 Å². The smallest absolute Gasteiger partial charge is 0.338 e. The zero-order valence-corrected chi connectivity index (χ0v) is 14.5. The van der Waals surface area contributed by atoms with E-state index in [4.69, 9.17) is 4.74 Å². The van der Waals surface area contributed by atoms with E-state index in [2.05, 4.69) is 5.32 Å². The highest BCUT2D eigenvalue weighted by atomic mass is 19.1. The summed E-state index contributed by atoms with van der Waals surface area (Å²) in [6.07, 6.45) is 1.58. The predicted molar refractivity (Wildman–Crippen MR) is 94.5 cm³/mol. The van der Waals surface area contributed by atoms with E-state index in [0.29, 0.717) is 12.1 Å². The summed E-state index contributed by atoms with van der Waals surface area (Å²) in [5.74, 6) is -1.68. The molecule has 0 saturated carbocycles.